The van der Waals surface area contributed by atoms with E-state index in [1.54, 1.807) is 15.3 Å². The molecule has 0 heterocycles. The van der Waals surface area contributed by atoms with Crippen molar-refractivity contribution >= 4 is 31.3 Å². The van der Waals surface area contributed by atoms with Crippen LogP contribution in [0, 0.1) is 39.0 Å². The van der Waals surface area contributed by atoms with Crippen LogP contribution in [0.2, 0.25) is 0 Å². The maximum atomic E-state index is 2.67. The molecular formula is C41H46Cl2Zr. The van der Waals surface area contributed by atoms with Crippen LogP contribution in [-0.4, -0.2) is 3.21 Å². The van der Waals surface area contributed by atoms with Gasteiger partial charge < -0.3 is 0 Å². The van der Waals surface area contributed by atoms with Crippen molar-refractivity contribution in [2.45, 2.75) is 68.2 Å². The molecule has 0 aliphatic heterocycles. The van der Waals surface area contributed by atoms with Crippen molar-refractivity contribution in [2.75, 3.05) is 0 Å². The molecular weight excluding hydrogens is 655 g/mol. The maximum absolute atomic E-state index is 2.81. The Balaban J connectivity index is 0.00000221. The minimum Gasteiger partial charge on any atom is -0.147 e. The minimum atomic E-state index is -2.81. The van der Waals surface area contributed by atoms with Crippen LogP contribution in [0.4, 0.5) is 0 Å². The van der Waals surface area contributed by atoms with E-state index in [1.807, 2.05) is 0 Å². The quantitative estimate of drug-likeness (QED) is 0.171. The molecule has 1 atom stereocenters. The molecule has 228 valence electrons. The summed E-state index contributed by atoms with van der Waals surface area (Å²) in [5.74, 6) is 0.500. The fraction of sp³-hybridized carbons (Fsp3) is 0.293. The van der Waals surface area contributed by atoms with E-state index in [1.165, 1.54) is 55.6 Å². The van der Waals surface area contributed by atoms with Crippen molar-refractivity contribution < 1.29 is 21.3 Å². The molecule has 4 aromatic carbocycles. The first kappa shape index (κ1) is 34.6. The topological polar surface area (TPSA) is 0 Å². The number of benzene rings is 4. The van der Waals surface area contributed by atoms with Crippen molar-refractivity contribution in [1.82, 2.24) is 0 Å². The first-order valence-electron chi connectivity index (χ1n) is 15.6. The second-order valence-electron chi connectivity index (χ2n) is 13.5. The summed E-state index contributed by atoms with van der Waals surface area (Å²) in [5, 5.41) is 0. The molecule has 0 saturated heterocycles. The first-order chi connectivity index (χ1) is 20.1. The zero-order valence-electron chi connectivity index (χ0n) is 27.5. The van der Waals surface area contributed by atoms with E-state index in [4.69, 9.17) is 0 Å². The predicted molar refractivity (Wildman–Crippen MR) is 193 cm³/mol. The van der Waals surface area contributed by atoms with Crippen molar-refractivity contribution in [1.29, 1.82) is 0 Å². The third-order valence-corrected chi connectivity index (χ3v) is 17.9. The summed E-state index contributed by atoms with van der Waals surface area (Å²) >= 11 is -2.81. The Bertz CT molecular complexity index is 1740. The van der Waals surface area contributed by atoms with Gasteiger partial charge in [0.05, 0.1) is 0 Å². The molecule has 2 aliphatic carbocycles. The molecule has 0 fully saturated rings. The summed E-state index contributed by atoms with van der Waals surface area (Å²) in [6.07, 6.45) is 7.49. The molecule has 3 heteroatoms. The van der Waals surface area contributed by atoms with Gasteiger partial charge in [-0.25, -0.2) is 0 Å². The molecule has 2 aliphatic rings. The number of aryl methyl sites for hydroxylation is 3. The van der Waals surface area contributed by atoms with Gasteiger partial charge in [-0.15, -0.1) is 24.8 Å². The average Bonchev–Trinajstić information content (AvgIpc) is 3.56. The molecule has 0 aromatic heterocycles. The molecule has 0 spiro atoms. The summed E-state index contributed by atoms with van der Waals surface area (Å²) in [5.41, 5.74) is 16.3. The van der Waals surface area contributed by atoms with E-state index in [0.717, 1.165) is 12.8 Å². The van der Waals surface area contributed by atoms with Gasteiger partial charge in [-0.2, -0.15) is 0 Å². The van der Waals surface area contributed by atoms with Gasteiger partial charge in [-0.3, -0.25) is 0 Å². The van der Waals surface area contributed by atoms with Crippen molar-refractivity contribution in [3.05, 3.63) is 144 Å². The summed E-state index contributed by atoms with van der Waals surface area (Å²) in [6.45, 7) is 18.8. The van der Waals surface area contributed by atoms with Crippen LogP contribution in [0.5, 0.6) is 0 Å². The Morgan fingerprint density at radius 3 is 1.84 bits per heavy atom. The molecule has 0 saturated carbocycles. The molecule has 0 N–H and O–H groups in total. The Morgan fingerprint density at radius 1 is 0.750 bits per heavy atom. The third kappa shape index (κ3) is 6.23. The van der Waals surface area contributed by atoms with Gasteiger partial charge in [0.1, 0.15) is 0 Å². The molecule has 1 unspecified atom stereocenters. The summed E-state index contributed by atoms with van der Waals surface area (Å²) in [4.78, 5) is 0. The summed E-state index contributed by atoms with van der Waals surface area (Å²) in [7, 11) is 0. The largest absolute Gasteiger partial charge is 0.147 e. The van der Waals surface area contributed by atoms with Crippen molar-refractivity contribution in [2.24, 2.45) is 11.3 Å². The minimum absolute atomic E-state index is 0. The van der Waals surface area contributed by atoms with Gasteiger partial charge in [0.25, 0.3) is 0 Å². The number of halogens is 2. The van der Waals surface area contributed by atoms with Gasteiger partial charge in [0.15, 0.2) is 0 Å². The normalized spacial score (nSPS) is 15.0. The maximum Gasteiger partial charge on any atom is -0.147 e. The molecule has 0 amide bonds. The zero-order valence-corrected chi connectivity index (χ0v) is 31.6. The van der Waals surface area contributed by atoms with Crippen LogP contribution in [-0.2, 0) is 27.7 Å². The monoisotopic (exact) mass is 698 g/mol. The Morgan fingerprint density at radius 2 is 1.30 bits per heavy atom. The van der Waals surface area contributed by atoms with Gasteiger partial charge >= 0.3 is 263 Å². The standard InChI is InChI=1S/C17H17.C13H10.C11H17.2ClH.Zr/c1-10-5-14-9-15-6-11(2)13(4)8-17(15)16(14)7-12(10)3;1-3-7-12(8-4-1)11-13-9-5-2-6-10-13;1-5-9-6-7-10(8-9)11(2,3)4;;;/h5,7-8H,9H2,1-4H3;1-10H;7-9H,5H2,1-4H3;2*1H;. The molecule has 0 bridgehead atoms. The van der Waals surface area contributed by atoms with E-state index < -0.39 is 21.3 Å². The number of hydrogen-bond acceptors (Lipinski definition) is 0. The van der Waals surface area contributed by atoms with Gasteiger partial charge in [0, 0.05) is 0 Å². The van der Waals surface area contributed by atoms with E-state index in [9.17, 15) is 0 Å². The first-order valence-corrected chi connectivity index (χ1v) is 19.3. The SMILES string of the molecule is CCC1C=C(C(C)(C)C)C=[C]1[Zr](=[C](c1ccccc1)c1ccccc1)[c]1c(C)c(C)cc2c1Cc1cc(C)c(C)cc1-2.Cl.Cl. The zero-order chi connectivity index (χ0) is 29.8. The molecule has 4 aromatic rings. The predicted octanol–water partition coefficient (Wildman–Crippen LogP) is 10.7. The Kier molecular flexibility index (Phi) is 10.7. The number of allylic oxidation sites excluding steroid dienone is 4. The van der Waals surface area contributed by atoms with Crippen LogP contribution >= 0.6 is 24.8 Å². The van der Waals surface area contributed by atoms with Gasteiger partial charge in [0.2, 0.25) is 0 Å². The van der Waals surface area contributed by atoms with E-state index in [-0.39, 0.29) is 30.2 Å². The smallest absolute Gasteiger partial charge is 0.147 e. The van der Waals surface area contributed by atoms with Crippen LogP contribution in [0.1, 0.15) is 78.6 Å². The van der Waals surface area contributed by atoms with Gasteiger partial charge in [-0.05, 0) is 0 Å². The van der Waals surface area contributed by atoms with E-state index in [2.05, 4.69) is 146 Å². The summed E-state index contributed by atoms with van der Waals surface area (Å²) in [6, 6.07) is 30.1. The van der Waals surface area contributed by atoms with Crippen LogP contribution < -0.4 is 3.27 Å². The molecule has 0 radical (unpaired) electrons. The van der Waals surface area contributed by atoms with Gasteiger partial charge in [-0.1, -0.05) is 0 Å². The molecule has 44 heavy (non-hydrogen) atoms. The number of rotatable bonds is 5. The third-order valence-electron chi connectivity index (χ3n) is 9.64. The fourth-order valence-corrected chi connectivity index (χ4v) is 16.3. The average molecular weight is 701 g/mol. The van der Waals surface area contributed by atoms with Crippen LogP contribution in [0.3, 0.4) is 0 Å². The van der Waals surface area contributed by atoms with Crippen molar-refractivity contribution in [3.63, 3.8) is 0 Å². The number of hydrogen-bond donors (Lipinski definition) is 0. The van der Waals surface area contributed by atoms with Crippen LogP contribution in [0.15, 0.2) is 99.9 Å². The summed E-state index contributed by atoms with van der Waals surface area (Å²) < 4.78 is 5.08. The Labute approximate surface area is 285 Å². The fourth-order valence-electron chi connectivity index (χ4n) is 6.97. The number of fused-ring (bicyclic) bond motifs is 3. The molecule has 0 nitrogen and oxygen atoms in total. The van der Waals surface area contributed by atoms with Crippen molar-refractivity contribution in [3.8, 4) is 11.1 Å². The van der Waals surface area contributed by atoms with Crippen LogP contribution in [0.25, 0.3) is 11.1 Å². The Hall–Kier alpha value is -2.31. The second-order valence-corrected chi connectivity index (χ2v) is 19.2. The molecule has 6 rings (SSSR count). The van der Waals surface area contributed by atoms with E-state index >= 15 is 0 Å². The van der Waals surface area contributed by atoms with E-state index in [0.29, 0.717) is 5.92 Å². The second kappa shape index (κ2) is 13.6.